The third-order valence-electron chi connectivity index (χ3n) is 2.38. The Hall–Kier alpha value is -1.82. The van der Waals surface area contributed by atoms with Crippen molar-refractivity contribution >= 4 is 27.7 Å². The maximum Gasteiger partial charge on any atom is 0.229 e. The van der Waals surface area contributed by atoms with Gasteiger partial charge in [-0.15, -0.1) is 0 Å². The summed E-state index contributed by atoms with van der Waals surface area (Å²) in [6, 6.07) is 9.25. The summed E-state index contributed by atoms with van der Waals surface area (Å²) < 4.78 is 8.06. The Kier molecular flexibility index (Phi) is 4.57. The van der Waals surface area contributed by atoms with Gasteiger partial charge in [-0.05, 0) is 18.2 Å². The summed E-state index contributed by atoms with van der Waals surface area (Å²) >= 11 is 3.36. The van der Waals surface area contributed by atoms with Crippen LogP contribution >= 0.6 is 15.9 Å². The average molecular weight is 324 g/mol. The zero-order chi connectivity index (χ0) is 13.7. The second-order valence-electron chi connectivity index (χ2n) is 3.98. The van der Waals surface area contributed by atoms with E-state index < -0.39 is 0 Å². The van der Waals surface area contributed by atoms with Gasteiger partial charge in [0.05, 0.1) is 13.0 Å². The molecule has 1 amide bonds. The van der Waals surface area contributed by atoms with Crippen molar-refractivity contribution in [1.82, 2.24) is 9.78 Å². The Morgan fingerprint density at radius 1 is 1.47 bits per heavy atom. The molecule has 0 atom stereocenters. The number of amides is 1. The van der Waals surface area contributed by atoms with Crippen LogP contribution in [0.25, 0.3) is 0 Å². The fraction of sp³-hybridized carbons (Fsp3) is 0.231. The number of nitrogens with zero attached hydrogens (tertiary/aromatic N) is 2. The van der Waals surface area contributed by atoms with Crippen LogP contribution in [-0.4, -0.2) is 22.3 Å². The summed E-state index contributed by atoms with van der Waals surface area (Å²) in [7, 11) is 1.80. The van der Waals surface area contributed by atoms with E-state index in [-0.39, 0.29) is 12.3 Å². The van der Waals surface area contributed by atoms with Crippen LogP contribution in [0.5, 0.6) is 5.75 Å². The molecule has 0 radical (unpaired) electrons. The van der Waals surface area contributed by atoms with Crippen molar-refractivity contribution in [2.45, 2.75) is 6.42 Å². The molecule has 1 aromatic heterocycles. The van der Waals surface area contributed by atoms with Gasteiger partial charge in [0.25, 0.3) is 0 Å². The molecule has 1 heterocycles. The van der Waals surface area contributed by atoms with E-state index in [1.165, 1.54) is 0 Å². The number of nitrogens with one attached hydrogen (secondary N) is 1. The summed E-state index contributed by atoms with van der Waals surface area (Å²) in [6.07, 6.45) is 2.05. The molecule has 2 rings (SSSR count). The number of anilines is 1. The maximum absolute atomic E-state index is 11.6. The SMILES string of the molecule is Cn1ccc(NC(=O)CCOc2cccc(Br)c2)n1. The van der Waals surface area contributed by atoms with Crippen molar-refractivity contribution in [3.05, 3.63) is 41.0 Å². The minimum absolute atomic E-state index is 0.117. The molecule has 100 valence electrons. The molecule has 1 aromatic carbocycles. The summed E-state index contributed by atoms with van der Waals surface area (Å²) in [5.74, 6) is 1.17. The Morgan fingerprint density at radius 2 is 2.32 bits per heavy atom. The molecule has 2 aromatic rings. The highest BCUT2D eigenvalue weighted by atomic mass is 79.9. The highest BCUT2D eigenvalue weighted by Crippen LogP contribution is 2.17. The molecule has 0 saturated heterocycles. The number of ether oxygens (including phenoxy) is 1. The van der Waals surface area contributed by atoms with Crippen LogP contribution in [0.4, 0.5) is 5.82 Å². The van der Waals surface area contributed by atoms with E-state index in [1.807, 2.05) is 24.3 Å². The standard InChI is InChI=1S/C13H14BrN3O2/c1-17-7-5-12(16-17)15-13(18)6-8-19-11-4-2-3-10(14)9-11/h2-5,7,9H,6,8H2,1H3,(H,15,16,18). The van der Waals surface area contributed by atoms with Crippen LogP contribution in [-0.2, 0) is 11.8 Å². The zero-order valence-electron chi connectivity index (χ0n) is 10.5. The Morgan fingerprint density at radius 3 is 3.00 bits per heavy atom. The Bertz CT molecular complexity index is 569. The first-order valence-electron chi connectivity index (χ1n) is 5.81. The van der Waals surface area contributed by atoms with Gasteiger partial charge in [0, 0.05) is 23.8 Å². The second-order valence-corrected chi connectivity index (χ2v) is 4.89. The molecule has 0 bridgehead atoms. The van der Waals surface area contributed by atoms with Crippen molar-refractivity contribution in [3.8, 4) is 5.75 Å². The predicted molar refractivity (Wildman–Crippen MR) is 76.1 cm³/mol. The van der Waals surface area contributed by atoms with Crippen LogP contribution in [0.3, 0.4) is 0 Å². The number of aromatic nitrogens is 2. The largest absolute Gasteiger partial charge is 0.493 e. The first kappa shape index (κ1) is 13.6. The van der Waals surface area contributed by atoms with Crippen molar-refractivity contribution in [3.63, 3.8) is 0 Å². The highest BCUT2D eigenvalue weighted by Gasteiger charge is 2.04. The van der Waals surface area contributed by atoms with E-state index >= 15 is 0 Å². The number of carbonyl (C=O) groups is 1. The van der Waals surface area contributed by atoms with E-state index in [0.717, 1.165) is 10.2 Å². The van der Waals surface area contributed by atoms with Crippen molar-refractivity contribution < 1.29 is 9.53 Å². The molecule has 5 nitrogen and oxygen atoms in total. The molecule has 0 aliphatic heterocycles. The number of hydrogen-bond acceptors (Lipinski definition) is 3. The monoisotopic (exact) mass is 323 g/mol. The lowest BCUT2D eigenvalue weighted by Crippen LogP contribution is -2.15. The molecule has 1 N–H and O–H groups in total. The summed E-state index contributed by atoms with van der Waals surface area (Å²) in [5.41, 5.74) is 0. The minimum atomic E-state index is -0.117. The molecular weight excluding hydrogens is 310 g/mol. The second kappa shape index (κ2) is 6.38. The van der Waals surface area contributed by atoms with Crippen LogP contribution < -0.4 is 10.1 Å². The van der Waals surface area contributed by atoms with Gasteiger partial charge in [-0.1, -0.05) is 22.0 Å². The lowest BCUT2D eigenvalue weighted by Gasteiger charge is -2.06. The third-order valence-corrected chi connectivity index (χ3v) is 2.87. The maximum atomic E-state index is 11.6. The quantitative estimate of drug-likeness (QED) is 0.920. The number of halogens is 1. The van der Waals surface area contributed by atoms with Gasteiger partial charge in [-0.3, -0.25) is 9.48 Å². The molecule has 0 spiro atoms. The smallest absolute Gasteiger partial charge is 0.229 e. The zero-order valence-corrected chi connectivity index (χ0v) is 12.1. The lowest BCUT2D eigenvalue weighted by atomic mass is 10.3. The van der Waals surface area contributed by atoms with Gasteiger partial charge in [0.2, 0.25) is 5.91 Å². The topological polar surface area (TPSA) is 56.2 Å². The van der Waals surface area contributed by atoms with Crippen molar-refractivity contribution in [2.75, 3.05) is 11.9 Å². The molecule has 0 aliphatic carbocycles. The average Bonchev–Trinajstić information content (AvgIpc) is 2.75. The molecule has 0 unspecified atom stereocenters. The highest BCUT2D eigenvalue weighted by molar-refractivity contribution is 9.10. The van der Waals surface area contributed by atoms with Gasteiger partial charge in [-0.2, -0.15) is 5.10 Å². The number of aryl methyl sites for hydroxylation is 1. The number of hydrogen-bond donors (Lipinski definition) is 1. The van der Waals surface area contributed by atoms with Crippen LogP contribution in [0.15, 0.2) is 41.0 Å². The molecule has 0 fully saturated rings. The molecular formula is C13H14BrN3O2. The van der Waals surface area contributed by atoms with Crippen LogP contribution in [0, 0.1) is 0 Å². The Balaban J connectivity index is 1.75. The first-order chi connectivity index (χ1) is 9.13. The van der Waals surface area contributed by atoms with Crippen LogP contribution in [0.2, 0.25) is 0 Å². The predicted octanol–water partition coefficient (Wildman–Crippen LogP) is 2.59. The van der Waals surface area contributed by atoms with Gasteiger partial charge in [0.15, 0.2) is 5.82 Å². The molecule has 0 saturated carbocycles. The molecule has 6 heteroatoms. The van der Waals surface area contributed by atoms with Crippen molar-refractivity contribution in [1.29, 1.82) is 0 Å². The summed E-state index contributed by atoms with van der Waals surface area (Å²) in [5, 5.41) is 6.77. The summed E-state index contributed by atoms with van der Waals surface area (Å²) in [4.78, 5) is 11.6. The number of rotatable bonds is 5. The van der Waals surface area contributed by atoms with E-state index in [4.69, 9.17) is 4.74 Å². The summed E-state index contributed by atoms with van der Waals surface area (Å²) in [6.45, 7) is 0.328. The van der Waals surface area contributed by atoms with Gasteiger partial charge in [0.1, 0.15) is 5.75 Å². The van der Waals surface area contributed by atoms with E-state index in [9.17, 15) is 4.79 Å². The van der Waals surface area contributed by atoms with Gasteiger partial charge >= 0.3 is 0 Å². The fourth-order valence-corrected chi connectivity index (χ4v) is 1.88. The van der Waals surface area contributed by atoms with Crippen molar-refractivity contribution in [2.24, 2.45) is 7.05 Å². The van der Waals surface area contributed by atoms with Crippen LogP contribution in [0.1, 0.15) is 6.42 Å². The van der Waals surface area contributed by atoms with E-state index in [0.29, 0.717) is 12.4 Å². The van der Waals surface area contributed by atoms with E-state index in [1.54, 1.807) is 24.0 Å². The normalized spacial score (nSPS) is 10.2. The molecule has 0 aliphatic rings. The number of carbonyl (C=O) groups excluding carboxylic acids is 1. The van der Waals surface area contributed by atoms with E-state index in [2.05, 4.69) is 26.3 Å². The third kappa shape index (κ3) is 4.40. The molecule has 19 heavy (non-hydrogen) atoms. The number of benzene rings is 1. The van der Waals surface area contributed by atoms with Gasteiger partial charge in [-0.25, -0.2) is 0 Å². The first-order valence-corrected chi connectivity index (χ1v) is 6.60. The fourth-order valence-electron chi connectivity index (χ4n) is 1.51. The minimum Gasteiger partial charge on any atom is -0.493 e. The Labute approximate surface area is 119 Å². The lowest BCUT2D eigenvalue weighted by molar-refractivity contribution is -0.116. The van der Waals surface area contributed by atoms with Gasteiger partial charge < -0.3 is 10.1 Å².